The summed E-state index contributed by atoms with van der Waals surface area (Å²) in [6.45, 7) is 2.02. The highest BCUT2D eigenvalue weighted by atomic mass is 14.8. The number of nitrogens with one attached hydrogen (secondary N) is 1. The molecular formula is C10H13N. The van der Waals surface area contributed by atoms with Gasteiger partial charge in [-0.25, -0.2) is 0 Å². The van der Waals surface area contributed by atoms with E-state index in [1.54, 1.807) is 0 Å². The summed E-state index contributed by atoms with van der Waals surface area (Å²) in [5.74, 6) is 0. The van der Waals surface area contributed by atoms with Crippen molar-refractivity contribution in [1.82, 2.24) is 0 Å². The predicted octanol–water partition coefficient (Wildman–Crippen LogP) is 2.76. The van der Waals surface area contributed by atoms with Crippen LogP contribution in [0.2, 0.25) is 0 Å². The average Bonchev–Trinajstić information content (AvgIpc) is 2.06. The minimum atomic E-state index is 1.15. The predicted molar refractivity (Wildman–Crippen MR) is 50.7 cm³/mol. The largest absolute Gasteiger partial charge is 0.388 e. The number of hydrogen-bond acceptors (Lipinski definition) is 1. The summed E-state index contributed by atoms with van der Waals surface area (Å²) in [5.41, 5.74) is 2.39. The zero-order chi connectivity index (χ0) is 8.10. The van der Waals surface area contributed by atoms with Crippen molar-refractivity contribution < 1.29 is 0 Å². The van der Waals surface area contributed by atoms with Gasteiger partial charge in [-0.3, -0.25) is 0 Å². The molecule has 1 nitrogen and oxygen atoms in total. The molecule has 1 aromatic rings. The molecule has 0 heterocycles. The first-order chi connectivity index (χ1) is 5.36. The van der Waals surface area contributed by atoms with Crippen LogP contribution in [0.15, 0.2) is 30.3 Å². The molecule has 0 spiro atoms. The van der Waals surface area contributed by atoms with Crippen LogP contribution in [-0.2, 0) is 0 Å². The molecule has 0 aliphatic carbocycles. The fourth-order valence-corrected chi connectivity index (χ4v) is 0.990. The molecule has 0 atom stereocenters. The summed E-state index contributed by atoms with van der Waals surface area (Å²) in [4.78, 5) is 0. The maximum absolute atomic E-state index is 3.09. The summed E-state index contributed by atoms with van der Waals surface area (Å²) in [5, 5.41) is 3.09. The van der Waals surface area contributed by atoms with E-state index in [1.165, 1.54) is 5.56 Å². The lowest BCUT2D eigenvalue weighted by Crippen LogP contribution is -1.86. The maximum Gasteiger partial charge on any atom is 0.0343 e. The number of anilines is 1. The topological polar surface area (TPSA) is 12.0 Å². The van der Waals surface area contributed by atoms with E-state index in [0.717, 1.165) is 5.69 Å². The van der Waals surface area contributed by atoms with Gasteiger partial charge in [0.05, 0.1) is 0 Å². The van der Waals surface area contributed by atoms with E-state index < -0.39 is 0 Å². The molecule has 0 amide bonds. The Balaban J connectivity index is 2.91. The van der Waals surface area contributed by atoms with E-state index in [4.69, 9.17) is 0 Å². The minimum Gasteiger partial charge on any atom is -0.388 e. The van der Waals surface area contributed by atoms with E-state index in [9.17, 15) is 0 Å². The first-order valence-corrected chi connectivity index (χ1v) is 3.77. The molecule has 0 aromatic heterocycles. The molecule has 1 N–H and O–H groups in total. The Bertz CT molecular complexity index is 251. The van der Waals surface area contributed by atoms with Crippen molar-refractivity contribution in [3.63, 3.8) is 0 Å². The Kier molecular flexibility index (Phi) is 2.73. The smallest absolute Gasteiger partial charge is 0.0343 e. The van der Waals surface area contributed by atoms with Crippen molar-refractivity contribution in [3.05, 3.63) is 35.9 Å². The third-order valence-corrected chi connectivity index (χ3v) is 1.53. The lowest BCUT2D eigenvalue weighted by Gasteiger charge is -1.99. The van der Waals surface area contributed by atoms with Gasteiger partial charge in [0.25, 0.3) is 0 Å². The molecule has 1 aromatic carbocycles. The first kappa shape index (κ1) is 7.86. The van der Waals surface area contributed by atoms with Gasteiger partial charge >= 0.3 is 0 Å². The van der Waals surface area contributed by atoms with Gasteiger partial charge in [0.15, 0.2) is 0 Å². The third kappa shape index (κ3) is 2.11. The molecule has 0 radical (unpaired) electrons. The quantitative estimate of drug-likeness (QED) is 0.678. The van der Waals surface area contributed by atoms with E-state index in [1.807, 2.05) is 32.2 Å². The standard InChI is InChI=1S/C10H13N/c1-3-5-9-6-4-7-10(8-9)11-2/h3-8,11H,1-2H3. The zero-order valence-electron chi connectivity index (χ0n) is 6.96. The second-order valence-corrected chi connectivity index (χ2v) is 2.38. The van der Waals surface area contributed by atoms with Crippen LogP contribution in [0.3, 0.4) is 0 Å². The van der Waals surface area contributed by atoms with E-state index in [0.29, 0.717) is 0 Å². The van der Waals surface area contributed by atoms with Crippen molar-refractivity contribution >= 4 is 11.8 Å². The van der Waals surface area contributed by atoms with E-state index in [-0.39, 0.29) is 0 Å². The molecule has 0 aliphatic heterocycles. The molecule has 0 saturated heterocycles. The SMILES string of the molecule is CC=Cc1cccc(NC)c1. The van der Waals surface area contributed by atoms with Gasteiger partial charge < -0.3 is 5.32 Å². The second kappa shape index (κ2) is 3.81. The number of hydrogen-bond donors (Lipinski definition) is 1. The van der Waals surface area contributed by atoms with Crippen LogP contribution in [0, 0.1) is 0 Å². The van der Waals surface area contributed by atoms with Crippen molar-refractivity contribution in [3.8, 4) is 0 Å². The molecular weight excluding hydrogens is 134 g/mol. The fourth-order valence-electron chi connectivity index (χ4n) is 0.990. The van der Waals surface area contributed by atoms with Gasteiger partial charge in [0.1, 0.15) is 0 Å². The number of rotatable bonds is 2. The summed E-state index contributed by atoms with van der Waals surface area (Å²) in [7, 11) is 1.93. The highest BCUT2D eigenvalue weighted by molar-refractivity contribution is 5.56. The first-order valence-electron chi connectivity index (χ1n) is 3.77. The van der Waals surface area contributed by atoms with Gasteiger partial charge in [-0.05, 0) is 24.6 Å². The van der Waals surface area contributed by atoms with Gasteiger partial charge in [0, 0.05) is 12.7 Å². The Morgan fingerprint density at radius 2 is 2.18 bits per heavy atom. The number of allylic oxidation sites excluding steroid dienone is 1. The molecule has 1 rings (SSSR count). The molecule has 0 saturated carbocycles. The zero-order valence-corrected chi connectivity index (χ0v) is 6.96. The summed E-state index contributed by atoms with van der Waals surface area (Å²) in [6.07, 6.45) is 4.12. The summed E-state index contributed by atoms with van der Waals surface area (Å²) >= 11 is 0. The van der Waals surface area contributed by atoms with Crippen LogP contribution in [-0.4, -0.2) is 7.05 Å². The van der Waals surface area contributed by atoms with Gasteiger partial charge in [0.2, 0.25) is 0 Å². The highest BCUT2D eigenvalue weighted by Gasteiger charge is 1.87. The Labute approximate surface area is 67.8 Å². The monoisotopic (exact) mass is 147 g/mol. The van der Waals surface area contributed by atoms with Gasteiger partial charge in [-0.1, -0.05) is 24.3 Å². The van der Waals surface area contributed by atoms with E-state index in [2.05, 4.69) is 23.5 Å². The second-order valence-electron chi connectivity index (χ2n) is 2.38. The normalized spacial score (nSPS) is 10.4. The summed E-state index contributed by atoms with van der Waals surface area (Å²) < 4.78 is 0. The third-order valence-electron chi connectivity index (χ3n) is 1.53. The molecule has 1 heteroatoms. The van der Waals surface area contributed by atoms with Crippen molar-refractivity contribution in [2.75, 3.05) is 12.4 Å². The van der Waals surface area contributed by atoms with Crippen LogP contribution in [0.1, 0.15) is 12.5 Å². The van der Waals surface area contributed by atoms with Crippen molar-refractivity contribution in [2.45, 2.75) is 6.92 Å². The lowest BCUT2D eigenvalue weighted by molar-refractivity contribution is 1.50. The van der Waals surface area contributed by atoms with Crippen LogP contribution in [0.25, 0.3) is 6.08 Å². The summed E-state index contributed by atoms with van der Waals surface area (Å²) in [6, 6.07) is 8.29. The van der Waals surface area contributed by atoms with Crippen LogP contribution < -0.4 is 5.32 Å². The fraction of sp³-hybridized carbons (Fsp3) is 0.200. The Morgan fingerprint density at radius 3 is 2.82 bits per heavy atom. The maximum atomic E-state index is 3.09. The van der Waals surface area contributed by atoms with Gasteiger partial charge in [-0.15, -0.1) is 0 Å². The number of benzene rings is 1. The molecule has 0 unspecified atom stereocenters. The Hall–Kier alpha value is -1.24. The van der Waals surface area contributed by atoms with Crippen molar-refractivity contribution in [2.24, 2.45) is 0 Å². The molecule has 0 fully saturated rings. The highest BCUT2D eigenvalue weighted by Crippen LogP contribution is 2.10. The Morgan fingerprint density at radius 1 is 1.36 bits per heavy atom. The molecule has 11 heavy (non-hydrogen) atoms. The van der Waals surface area contributed by atoms with Crippen LogP contribution in [0.4, 0.5) is 5.69 Å². The van der Waals surface area contributed by atoms with E-state index >= 15 is 0 Å². The minimum absolute atomic E-state index is 1.15. The van der Waals surface area contributed by atoms with Crippen molar-refractivity contribution in [1.29, 1.82) is 0 Å². The average molecular weight is 147 g/mol. The molecule has 58 valence electrons. The van der Waals surface area contributed by atoms with Crippen LogP contribution >= 0.6 is 0 Å². The van der Waals surface area contributed by atoms with Gasteiger partial charge in [-0.2, -0.15) is 0 Å². The van der Waals surface area contributed by atoms with Crippen LogP contribution in [0.5, 0.6) is 0 Å². The molecule has 0 bridgehead atoms. The molecule has 0 aliphatic rings. The lowest BCUT2D eigenvalue weighted by atomic mass is 10.2.